The molecule has 0 aliphatic heterocycles. The molecular formula is C111H150O12. The van der Waals surface area contributed by atoms with Crippen LogP contribution in [0, 0.1) is 53.3 Å². The van der Waals surface area contributed by atoms with Gasteiger partial charge in [-0.1, -0.05) is 235 Å². The number of aromatic hydroxyl groups is 5. The average Bonchev–Trinajstić information content (AvgIpc) is 0.759. The molecule has 18 rings (SSSR count). The number of rotatable bonds is 28. The molecule has 0 aromatic heterocycles. The number of benzene rings is 9. The first-order valence-corrected chi connectivity index (χ1v) is 48.5. The lowest BCUT2D eigenvalue weighted by Crippen LogP contribution is -2.46. The lowest BCUT2D eigenvalue weighted by molar-refractivity contribution is -0.143. The third kappa shape index (κ3) is 29.6. The molecule has 666 valence electrons. The van der Waals surface area contributed by atoms with Crippen molar-refractivity contribution < 1.29 is 58.7 Å². The molecule has 0 saturated heterocycles. The van der Waals surface area contributed by atoms with E-state index >= 15 is 0 Å². The zero-order valence-corrected chi connectivity index (χ0v) is 75.9. The fraction of sp³-hybridized carbons (Fsp3) is 0.550. The first-order chi connectivity index (χ1) is 59.9. The average molecular weight is 1680 g/mol. The maximum absolute atomic E-state index is 10.3. The second-order valence-electron chi connectivity index (χ2n) is 37.4. The summed E-state index contributed by atoms with van der Waals surface area (Å²) in [5.41, 5.74) is 8.93. The zero-order chi connectivity index (χ0) is 86.2. The molecule has 0 spiro atoms. The van der Waals surface area contributed by atoms with Gasteiger partial charge in [-0.3, -0.25) is 0 Å². The number of phenols is 5. The van der Waals surface area contributed by atoms with Gasteiger partial charge in [0.05, 0.1) is 18.8 Å². The maximum Gasteiger partial charge on any atom is 0.200 e. The molecular weight excluding hydrogens is 1530 g/mol. The monoisotopic (exact) mass is 1680 g/mol. The highest BCUT2D eigenvalue weighted by Gasteiger charge is 2.49. The fourth-order valence-electron chi connectivity index (χ4n) is 21.3. The van der Waals surface area contributed by atoms with Crippen LogP contribution in [0.3, 0.4) is 0 Å². The lowest BCUT2D eigenvalue weighted by Gasteiger charge is -2.55. The molecule has 0 heterocycles. The summed E-state index contributed by atoms with van der Waals surface area (Å²) in [6.45, 7) is 18.0. The van der Waals surface area contributed by atoms with E-state index in [2.05, 4.69) is 146 Å². The van der Waals surface area contributed by atoms with Crippen LogP contribution in [0.2, 0.25) is 0 Å². The summed E-state index contributed by atoms with van der Waals surface area (Å²) in [5, 5.41) is 51.1. The second-order valence-corrected chi connectivity index (χ2v) is 37.4. The van der Waals surface area contributed by atoms with Crippen molar-refractivity contribution >= 4 is 21.5 Å². The molecule has 9 saturated carbocycles. The topological polar surface area (TPSA) is 166 Å². The van der Waals surface area contributed by atoms with E-state index in [1.165, 1.54) is 211 Å². The van der Waals surface area contributed by atoms with Crippen molar-refractivity contribution in [2.45, 2.75) is 324 Å². The Hall–Kier alpha value is -8.42. The third-order valence-corrected chi connectivity index (χ3v) is 28.2. The van der Waals surface area contributed by atoms with Gasteiger partial charge < -0.3 is 58.7 Å². The van der Waals surface area contributed by atoms with Crippen LogP contribution in [-0.4, -0.2) is 69.8 Å². The Balaban J connectivity index is 0.000000146. The summed E-state index contributed by atoms with van der Waals surface area (Å²) in [4.78, 5) is 0. The molecule has 123 heavy (non-hydrogen) atoms. The summed E-state index contributed by atoms with van der Waals surface area (Å²) in [7, 11) is 0. The minimum absolute atomic E-state index is 0.0423. The van der Waals surface area contributed by atoms with Crippen molar-refractivity contribution in [2.24, 2.45) is 53.3 Å². The molecule has 12 nitrogen and oxygen atoms in total. The number of hydrogen-bond acceptors (Lipinski definition) is 12. The van der Waals surface area contributed by atoms with Gasteiger partial charge in [-0.15, -0.1) is 0 Å². The Morgan fingerprint density at radius 3 is 1.41 bits per heavy atom. The minimum atomic E-state index is -0.246. The number of hydrogen-bond donors (Lipinski definition) is 5. The van der Waals surface area contributed by atoms with E-state index in [0.29, 0.717) is 48.4 Å². The smallest absolute Gasteiger partial charge is 0.200 e. The van der Waals surface area contributed by atoms with E-state index in [9.17, 15) is 10.2 Å². The van der Waals surface area contributed by atoms with Crippen LogP contribution in [0.4, 0.5) is 0 Å². The maximum atomic E-state index is 10.3. The Kier molecular flexibility index (Phi) is 37.3. The van der Waals surface area contributed by atoms with Crippen LogP contribution >= 0.6 is 0 Å². The van der Waals surface area contributed by atoms with Gasteiger partial charge >= 0.3 is 0 Å². The summed E-state index contributed by atoms with van der Waals surface area (Å²) < 4.78 is 44.2. The Morgan fingerprint density at radius 1 is 0.325 bits per heavy atom. The van der Waals surface area contributed by atoms with Crippen LogP contribution in [0.1, 0.15) is 293 Å². The SMILES string of the molecule is CCc1ccc(O)c(O)c1.CCc1ccc(O)cc1.CCc1ccc(OC(CC2C3CC4CC(C3)CC2C4)OC(C)C)cc1.CCc1ccc(OC(CC2CCCCC2)OC2CCCCC2)c(O)c1.CCc1ccc2cc(O)ccc2c1.CCc1ccc2cc(OC(CC3CCC4CCCCC4C3)OCCOc3ccc(C4CCCCC4)cc3)ccc2c1. The molecule has 9 aliphatic rings. The molecule has 9 aromatic rings. The molecule has 0 radical (unpaired) electrons. The van der Waals surface area contributed by atoms with Crippen LogP contribution in [0.15, 0.2) is 182 Å². The molecule has 9 aliphatic carbocycles. The van der Waals surface area contributed by atoms with Crippen molar-refractivity contribution in [1.29, 1.82) is 0 Å². The number of phenolic OH excluding ortho intramolecular Hbond substituents is 5. The number of aryl methyl sites for hydroxylation is 6. The van der Waals surface area contributed by atoms with Crippen molar-refractivity contribution in [3.8, 4) is 51.7 Å². The molecule has 12 heteroatoms. The van der Waals surface area contributed by atoms with Crippen LogP contribution in [-0.2, 0) is 52.7 Å². The minimum Gasteiger partial charge on any atom is -0.508 e. The summed E-state index contributed by atoms with van der Waals surface area (Å²) in [5.74, 6) is 12.9. The lowest BCUT2D eigenvalue weighted by atomic mass is 9.51. The third-order valence-electron chi connectivity index (χ3n) is 28.2. The predicted molar refractivity (Wildman–Crippen MR) is 503 cm³/mol. The number of fused-ring (bicyclic) bond motifs is 3. The van der Waals surface area contributed by atoms with Gasteiger partial charge in [-0.05, 0) is 334 Å². The zero-order valence-electron chi connectivity index (χ0n) is 75.9. The molecule has 6 unspecified atom stereocenters. The van der Waals surface area contributed by atoms with E-state index in [-0.39, 0.29) is 42.2 Å². The van der Waals surface area contributed by atoms with Crippen molar-refractivity contribution in [2.75, 3.05) is 13.2 Å². The summed E-state index contributed by atoms with van der Waals surface area (Å²) in [6, 6.07) is 60.2. The molecule has 9 aromatic carbocycles. The van der Waals surface area contributed by atoms with Gasteiger partial charge in [-0.25, -0.2) is 0 Å². The highest BCUT2D eigenvalue weighted by Crippen LogP contribution is 2.58. The highest BCUT2D eigenvalue weighted by atomic mass is 16.7. The van der Waals surface area contributed by atoms with Crippen LogP contribution in [0.5, 0.6) is 51.7 Å². The Bertz CT molecular complexity index is 4490. The van der Waals surface area contributed by atoms with Gasteiger partial charge in [0.25, 0.3) is 0 Å². The standard InChI is InChI=1S/C38H50O3.C23H34O2.C22H34O3.C12H12O.C8H10O2.C8H10O/c1-2-28-12-15-35-27-37(21-18-34(35)24-28)41-38(26-29-13-14-31-10-6-7-11-33(31)25-29)40-23-22-39-36-19-16-32(17-20-36)30-8-4-3-5-9-30;1-4-16-5-7-21(8-6-16)25-23(24-15(2)3)14-22-19-10-17-9-18(12-19)13-20(22)11-17;1-2-17-13-14-21(20(23)15-17)25-22(16-18-9-5-3-6-10-18)24-19-11-7-4-8-12-19;1-2-9-3-4-11-8-12(13)6-5-10(11)7-9;1-2-6-3-4-7(9)8(10)5-6;1-2-7-3-5-8(9)6-4-7/h12,15-21,24,27,29-31,33,38H,2-11,13-14,22-23,25-26H2,1H3;5-8,15,17-20,22-23H,4,9-14H2,1-3H3;13-15,18-19,22-23H,2-12,16H2,1H3;3-8,13H,2H2,1H3;3-5,9-10H,2H2,1H3;3-6,9H,2H2,1H3. The van der Waals surface area contributed by atoms with Gasteiger partial charge in [0.15, 0.2) is 35.6 Å². The molecule has 6 atom stereocenters. The summed E-state index contributed by atoms with van der Waals surface area (Å²) >= 11 is 0. The largest absolute Gasteiger partial charge is 0.508 e. The fourth-order valence-corrected chi connectivity index (χ4v) is 21.3. The van der Waals surface area contributed by atoms with Gasteiger partial charge in [0.2, 0.25) is 6.29 Å². The van der Waals surface area contributed by atoms with E-state index < -0.39 is 0 Å². The predicted octanol–water partition coefficient (Wildman–Crippen LogP) is 28.8. The van der Waals surface area contributed by atoms with Crippen molar-refractivity contribution in [3.63, 3.8) is 0 Å². The van der Waals surface area contributed by atoms with Crippen LogP contribution in [0.25, 0.3) is 21.5 Å². The van der Waals surface area contributed by atoms with Gasteiger partial charge in [0, 0.05) is 19.3 Å². The second kappa shape index (κ2) is 48.9. The normalized spacial score (nSPS) is 21.9. The first-order valence-electron chi connectivity index (χ1n) is 48.5. The first kappa shape index (κ1) is 93.7. The van der Waals surface area contributed by atoms with Crippen molar-refractivity contribution in [3.05, 3.63) is 221 Å². The molecule has 9 fully saturated rings. The van der Waals surface area contributed by atoms with Gasteiger partial charge in [0.1, 0.15) is 35.4 Å². The highest BCUT2D eigenvalue weighted by molar-refractivity contribution is 5.85. The molecule has 5 N–H and O–H groups in total. The molecule has 4 bridgehead atoms. The van der Waals surface area contributed by atoms with E-state index in [4.69, 9.17) is 48.5 Å². The quantitative estimate of drug-likeness (QED) is 0.0179. The van der Waals surface area contributed by atoms with E-state index in [1.54, 1.807) is 36.4 Å². The molecule has 0 amide bonds. The van der Waals surface area contributed by atoms with Gasteiger partial charge in [-0.2, -0.15) is 0 Å². The van der Waals surface area contributed by atoms with Crippen molar-refractivity contribution in [1.82, 2.24) is 0 Å². The Morgan fingerprint density at radius 2 is 0.805 bits per heavy atom. The Labute approximate surface area is 738 Å². The van der Waals surface area contributed by atoms with E-state index in [0.717, 1.165) is 152 Å². The van der Waals surface area contributed by atoms with Crippen LogP contribution < -0.4 is 18.9 Å². The number of ether oxygens (including phenoxy) is 7. The van der Waals surface area contributed by atoms with E-state index in [1.807, 2.05) is 49.4 Å². The summed E-state index contributed by atoms with van der Waals surface area (Å²) in [6.07, 6.45) is 45.6.